The SMILES string of the molecule is CN(CCOc1ccc(Br)cc1)C(=O)CCNC(C)(C)C. The van der Waals surface area contributed by atoms with Gasteiger partial charge in [0.05, 0.1) is 6.54 Å². The molecule has 0 aliphatic heterocycles. The summed E-state index contributed by atoms with van der Waals surface area (Å²) in [4.78, 5) is 13.7. The van der Waals surface area contributed by atoms with Gasteiger partial charge in [-0.3, -0.25) is 4.79 Å². The van der Waals surface area contributed by atoms with Crippen molar-refractivity contribution < 1.29 is 9.53 Å². The van der Waals surface area contributed by atoms with Gasteiger partial charge in [-0.25, -0.2) is 0 Å². The first-order valence-electron chi connectivity index (χ1n) is 7.15. The molecule has 0 unspecified atom stereocenters. The maximum atomic E-state index is 11.9. The molecule has 0 aliphatic carbocycles. The maximum absolute atomic E-state index is 11.9. The highest BCUT2D eigenvalue weighted by Gasteiger charge is 2.12. The lowest BCUT2D eigenvalue weighted by Crippen LogP contribution is -2.39. The van der Waals surface area contributed by atoms with E-state index in [1.165, 1.54) is 0 Å². The molecule has 0 bridgehead atoms. The van der Waals surface area contributed by atoms with Crippen molar-refractivity contribution in [2.75, 3.05) is 26.7 Å². The van der Waals surface area contributed by atoms with Gasteiger partial charge in [0.25, 0.3) is 0 Å². The zero-order chi connectivity index (χ0) is 15.9. The van der Waals surface area contributed by atoms with E-state index in [1.54, 1.807) is 4.90 Å². The van der Waals surface area contributed by atoms with Crippen molar-refractivity contribution in [3.05, 3.63) is 28.7 Å². The Morgan fingerprint density at radius 1 is 1.29 bits per heavy atom. The molecule has 0 saturated carbocycles. The Balaban J connectivity index is 2.22. The van der Waals surface area contributed by atoms with E-state index in [1.807, 2.05) is 31.3 Å². The molecule has 0 heterocycles. The molecule has 1 rings (SSSR count). The quantitative estimate of drug-likeness (QED) is 0.816. The van der Waals surface area contributed by atoms with Crippen molar-refractivity contribution in [2.45, 2.75) is 32.7 Å². The number of amides is 1. The minimum atomic E-state index is 0.0452. The van der Waals surface area contributed by atoms with Crippen LogP contribution in [0.5, 0.6) is 5.75 Å². The molecule has 4 nitrogen and oxygen atoms in total. The standard InChI is InChI=1S/C16H25BrN2O2/c1-16(2,3)18-10-9-15(20)19(4)11-12-21-14-7-5-13(17)6-8-14/h5-8,18H,9-12H2,1-4H3. The minimum absolute atomic E-state index is 0.0452. The topological polar surface area (TPSA) is 41.6 Å². The van der Waals surface area contributed by atoms with Crippen LogP contribution in [-0.2, 0) is 4.79 Å². The smallest absolute Gasteiger partial charge is 0.223 e. The van der Waals surface area contributed by atoms with Crippen molar-refractivity contribution in [1.29, 1.82) is 0 Å². The highest BCUT2D eigenvalue weighted by Crippen LogP contribution is 2.15. The third kappa shape index (κ3) is 8.07. The van der Waals surface area contributed by atoms with Crippen LogP contribution in [0.15, 0.2) is 28.7 Å². The fraction of sp³-hybridized carbons (Fsp3) is 0.562. The van der Waals surface area contributed by atoms with E-state index in [-0.39, 0.29) is 11.4 Å². The van der Waals surface area contributed by atoms with Crippen LogP contribution >= 0.6 is 15.9 Å². The van der Waals surface area contributed by atoms with E-state index in [0.29, 0.717) is 26.1 Å². The average molecular weight is 357 g/mol. The number of hydrogen-bond acceptors (Lipinski definition) is 3. The van der Waals surface area contributed by atoms with Gasteiger partial charge in [0, 0.05) is 30.0 Å². The lowest BCUT2D eigenvalue weighted by molar-refractivity contribution is -0.130. The van der Waals surface area contributed by atoms with Gasteiger partial charge in [-0.15, -0.1) is 0 Å². The van der Waals surface area contributed by atoms with Crippen molar-refractivity contribution in [1.82, 2.24) is 10.2 Å². The predicted molar refractivity (Wildman–Crippen MR) is 89.6 cm³/mol. The zero-order valence-electron chi connectivity index (χ0n) is 13.3. The number of carbonyl (C=O) groups is 1. The maximum Gasteiger partial charge on any atom is 0.223 e. The highest BCUT2D eigenvalue weighted by atomic mass is 79.9. The Labute approximate surface area is 136 Å². The normalized spacial score (nSPS) is 11.3. The molecule has 0 fully saturated rings. The third-order valence-corrected chi connectivity index (χ3v) is 3.46. The summed E-state index contributed by atoms with van der Waals surface area (Å²) in [6.07, 6.45) is 0.506. The lowest BCUT2D eigenvalue weighted by atomic mass is 10.1. The number of likely N-dealkylation sites (N-methyl/N-ethyl adjacent to an activating group) is 1. The molecule has 0 aliphatic rings. The van der Waals surface area contributed by atoms with Crippen LogP contribution in [0.25, 0.3) is 0 Å². The van der Waals surface area contributed by atoms with E-state index in [4.69, 9.17) is 4.74 Å². The van der Waals surface area contributed by atoms with Crippen LogP contribution in [0.3, 0.4) is 0 Å². The number of carbonyl (C=O) groups excluding carboxylic acids is 1. The van der Waals surface area contributed by atoms with Gasteiger partial charge in [0.1, 0.15) is 12.4 Å². The van der Waals surface area contributed by atoms with E-state index < -0.39 is 0 Å². The summed E-state index contributed by atoms with van der Waals surface area (Å²) < 4.78 is 6.63. The Kier molecular flexibility index (Phi) is 7.18. The fourth-order valence-electron chi connectivity index (χ4n) is 1.69. The third-order valence-electron chi connectivity index (χ3n) is 2.93. The van der Waals surface area contributed by atoms with Gasteiger partial charge < -0.3 is 15.0 Å². The molecular weight excluding hydrogens is 332 g/mol. The summed E-state index contributed by atoms with van der Waals surface area (Å²) >= 11 is 3.38. The Morgan fingerprint density at radius 2 is 1.90 bits per heavy atom. The molecule has 0 atom stereocenters. The van der Waals surface area contributed by atoms with E-state index >= 15 is 0 Å². The first-order valence-corrected chi connectivity index (χ1v) is 7.94. The van der Waals surface area contributed by atoms with Crippen LogP contribution in [0.2, 0.25) is 0 Å². The van der Waals surface area contributed by atoms with E-state index in [2.05, 4.69) is 42.0 Å². The van der Waals surface area contributed by atoms with E-state index in [0.717, 1.165) is 10.2 Å². The molecule has 1 amide bonds. The second-order valence-electron chi connectivity index (χ2n) is 6.04. The molecule has 0 radical (unpaired) electrons. The predicted octanol–water partition coefficient (Wildman–Crippen LogP) is 3.06. The minimum Gasteiger partial charge on any atom is -0.492 e. The fourth-order valence-corrected chi connectivity index (χ4v) is 1.96. The number of halogens is 1. The van der Waals surface area contributed by atoms with Crippen molar-refractivity contribution >= 4 is 21.8 Å². The van der Waals surface area contributed by atoms with Crippen LogP contribution in [0, 0.1) is 0 Å². The number of nitrogens with zero attached hydrogens (tertiary/aromatic N) is 1. The molecule has 1 aromatic rings. The molecule has 1 aromatic carbocycles. The van der Waals surface area contributed by atoms with E-state index in [9.17, 15) is 4.79 Å². The molecule has 21 heavy (non-hydrogen) atoms. The second-order valence-corrected chi connectivity index (χ2v) is 6.96. The summed E-state index contributed by atoms with van der Waals surface area (Å²) in [5.74, 6) is 0.944. The summed E-state index contributed by atoms with van der Waals surface area (Å²) in [5, 5.41) is 3.31. The van der Waals surface area contributed by atoms with Crippen LogP contribution in [0.1, 0.15) is 27.2 Å². The first-order chi connectivity index (χ1) is 9.78. The second kappa shape index (κ2) is 8.39. The van der Waals surface area contributed by atoms with Gasteiger partial charge >= 0.3 is 0 Å². The van der Waals surface area contributed by atoms with Gasteiger partial charge in [-0.2, -0.15) is 0 Å². The Bertz CT molecular complexity index is 441. The van der Waals surface area contributed by atoms with Crippen molar-refractivity contribution in [2.24, 2.45) is 0 Å². The summed E-state index contributed by atoms with van der Waals surface area (Å²) in [7, 11) is 1.81. The number of hydrogen-bond donors (Lipinski definition) is 1. The Hall–Kier alpha value is -1.07. The van der Waals surface area contributed by atoms with Gasteiger partial charge in [0.15, 0.2) is 0 Å². The number of nitrogens with one attached hydrogen (secondary N) is 1. The molecule has 1 N–H and O–H groups in total. The largest absolute Gasteiger partial charge is 0.492 e. The number of rotatable bonds is 7. The van der Waals surface area contributed by atoms with Gasteiger partial charge in [-0.1, -0.05) is 15.9 Å². The summed E-state index contributed by atoms with van der Waals surface area (Å²) in [6.45, 7) is 8.05. The monoisotopic (exact) mass is 356 g/mol. The number of ether oxygens (including phenoxy) is 1. The lowest BCUT2D eigenvalue weighted by Gasteiger charge is -2.22. The van der Waals surface area contributed by atoms with Gasteiger partial charge in [-0.05, 0) is 45.0 Å². The van der Waals surface area contributed by atoms with Gasteiger partial charge in [0.2, 0.25) is 5.91 Å². The first kappa shape index (κ1) is 18.0. The van der Waals surface area contributed by atoms with Crippen LogP contribution in [-0.4, -0.2) is 43.1 Å². The molecule has 118 valence electrons. The van der Waals surface area contributed by atoms with Crippen LogP contribution in [0.4, 0.5) is 0 Å². The summed E-state index contributed by atoms with van der Waals surface area (Å²) in [6, 6.07) is 7.67. The van der Waals surface area contributed by atoms with Crippen molar-refractivity contribution in [3.63, 3.8) is 0 Å². The molecule has 0 spiro atoms. The molecular formula is C16H25BrN2O2. The molecule has 0 saturated heterocycles. The molecule has 0 aromatic heterocycles. The molecule has 5 heteroatoms. The average Bonchev–Trinajstić information content (AvgIpc) is 2.39. The Morgan fingerprint density at radius 3 is 2.48 bits per heavy atom. The number of benzene rings is 1. The van der Waals surface area contributed by atoms with Crippen molar-refractivity contribution in [3.8, 4) is 5.75 Å². The summed E-state index contributed by atoms with van der Waals surface area (Å²) in [5.41, 5.74) is 0.0452. The van der Waals surface area contributed by atoms with Crippen LogP contribution < -0.4 is 10.1 Å². The highest BCUT2D eigenvalue weighted by molar-refractivity contribution is 9.10. The zero-order valence-corrected chi connectivity index (χ0v) is 14.9.